The molecule has 2 heterocycles. The first-order chi connectivity index (χ1) is 8.91. The number of hydrogen-bond donors (Lipinski definition) is 0. The van der Waals surface area contributed by atoms with Crippen molar-refractivity contribution >= 4 is 15.9 Å². The fourth-order valence-corrected chi connectivity index (χ4v) is 4.33. The molecule has 5 nitrogen and oxygen atoms in total. The summed E-state index contributed by atoms with van der Waals surface area (Å²) in [5.74, 6) is 0.978. The molecule has 108 valence electrons. The van der Waals surface area contributed by atoms with Crippen LogP contribution in [0.3, 0.4) is 0 Å². The maximum Gasteiger partial charge on any atom is 0.223 e. The SMILES string of the molecule is CS(=O)(=O)N1CCC2(CCC(=O)N2CC2CC2)CC1. The zero-order valence-corrected chi connectivity index (χ0v) is 12.3. The van der Waals surface area contributed by atoms with Crippen LogP contribution in [0.2, 0.25) is 0 Å². The van der Waals surface area contributed by atoms with Gasteiger partial charge >= 0.3 is 0 Å². The van der Waals surface area contributed by atoms with E-state index in [1.54, 1.807) is 4.31 Å². The molecule has 19 heavy (non-hydrogen) atoms. The Morgan fingerprint density at radius 1 is 1.21 bits per heavy atom. The van der Waals surface area contributed by atoms with E-state index in [0.717, 1.165) is 25.8 Å². The summed E-state index contributed by atoms with van der Waals surface area (Å²) in [6, 6.07) is 0. The molecule has 0 radical (unpaired) electrons. The Bertz CT molecular complexity index is 476. The molecule has 3 fully saturated rings. The zero-order chi connectivity index (χ0) is 13.7. The van der Waals surface area contributed by atoms with Gasteiger partial charge in [0.15, 0.2) is 0 Å². The lowest BCUT2D eigenvalue weighted by Crippen LogP contribution is -2.54. The molecule has 3 rings (SSSR count). The fourth-order valence-electron chi connectivity index (χ4n) is 3.48. The molecule has 2 saturated heterocycles. The van der Waals surface area contributed by atoms with Crippen LogP contribution in [-0.2, 0) is 14.8 Å². The quantitative estimate of drug-likeness (QED) is 0.771. The maximum absolute atomic E-state index is 12.1. The van der Waals surface area contributed by atoms with Crippen LogP contribution in [0.4, 0.5) is 0 Å². The molecule has 1 amide bonds. The number of piperidine rings is 1. The van der Waals surface area contributed by atoms with Crippen LogP contribution >= 0.6 is 0 Å². The lowest BCUT2D eigenvalue weighted by molar-refractivity contribution is -0.132. The molecule has 0 unspecified atom stereocenters. The Balaban J connectivity index is 1.71. The molecule has 0 aromatic carbocycles. The van der Waals surface area contributed by atoms with Crippen molar-refractivity contribution in [2.24, 2.45) is 5.92 Å². The van der Waals surface area contributed by atoms with Gasteiger partial charge in [0.2, 0.25) is 15.9 Å². The Labute approximate surface area is 115 Å². The van der Waals surface area contributed by atoms with E-state index in [4.69, 9.17) is 0 Å². The number of hydrogen-bond acceptors (Lipinski definition) is 3. The van der Waals surface area contributed by atoms with Crippen LogP contribution < -0.4 is 0 Å². The molecule has 0 aromatic rings. The second kappa shape index (κ2) is 4.45. The number of likely N-dealkylation sites (tertiary alicyclic amines) is 1. The van der Waals surface area contributed by atoms with Crippen molar-refractivity contribution in [3.8, 4) is 0 Å². The van der Waals surface area contributed by atoms with Crippen molar-refractivity contribution in [2.45, 2.75) is 44.1 Å². The fraction of sp³-hybridized carbons (Fsp3) is 0.923. The van der Waals surface area contributed by atoms with Gasteiger partial charge in [0, 0.05) is 31.6 Å². The van der Waals surface area contributed by atoms with Crippen molar-refractivity contribution in [3.05, 3.63) is 0 Å². The summed E-state index contributed by atoms with van der Waals surface area (Å²) in [7, 11) is -3.08. The highest BCUT2D eigenvalue weighted by molar-refractivity contribution is 7.88. The van der Waals surface area contributed by atoms with E-state index in [9.17, 15) is 13.2 Å². The summed E-state index contributed by atoms with van der Waals surface area (Å²) in [5.41, 5.74) is -0.0408. The highest BCUT2D eigenvalue weighted by Crippen LogP contribution is 2.42. The van der Waals surface area contributed by atoms with Gasteiger partial charge in [0.25, 0.3) is 0 Å². The molecule has 1 spiro atoms. The number of carbonyl (C=O) groups excluding carboxylic acids is 1. The number of sulfonamides is 1. The van der Waals surface area contributed by atoms with Crippen molar-refractivity contribution in [2.75, 3.05) is 25.9 Å². The third-order valence-electron chi connectivity index (χ3n) is 4.94. The van der Waals surface area contributed by atoms with Gasteiger partial charge in [-0.25, -0.2) is 12.7 Å². The van der Waals surface area contributed by atoms with Gasteiger partial charge < -0.3 is 4.90 Å². The lowest BCUT2D eigenvalue weighted by Gasteiger charge is -2.44. The summed E-state index contributed by atoms with van der Waals surface area (Å²) in [5, 5.41) is 0. The topological polar surface area (TPSA) is 57.7 Å². The molecule has 0 bridgehead atoms. The van der Waals surface area contributed by atoms with Gasteiger partial charge in [-0.15, -0.1) is 0 Å². The van der Waals surface area contributed by atoms with E-state index in [2.05, 4.69) is 4.90 Å². The first-order valence-corrected chi connectivity index (χ1v) is 9.01. The summed E-state index contributed by atoms with van der Waals surface area (Å²) in [6.07, 6.45) is 6.93. The van der Waals surface area contributed by atoms with Gasteiger partial charge in [0.1, 0.15) is 0 Å². The highest BCUT2D eigenvalue weighted by Gasteiger charge is 2.48. The molecule has 2 aliphatic heterocycles. The van der Waals surface area contributed by atoms with Crippen molar-refractivity contribution < 1.29 is 13.2 Å². The Morgan fingerprint density at radius 3 is 2.37 bits per heavy atom. The standard InChI is InChI=1S/C13H22N2O3S/c1-19(17,18)14-8-6-13(7-9-14)5-4-12(16)15(13)10-11-2-3-11/h11H,2-10H2,1H3. The Morgan fingerprint density at radius 2 is 1.84 bits per heavy atom. The van der Waals surface area contributed by atoms with Gasteiger partial charge in [-0.3, -0.25) is 4.79 Å². The predicted molar refractivity (Wildman–Crippen MR) is 72.1 cm³/mol. The molecule has 0 atom stereocenters. The maximum atomic E-state index is 12.1. The van der Waals surface area contributed by atoms with E-state index < -0.39 is 10.0 Å². The van der Waals surface area contributed by atoms with Crippen molar-refractivity contribution in [1.29, 1.82) is 0 Å². The average molecular weight is 286 g/mol. The number of carbonyl (C=O) groups is 1. The molecule has 6 heteroatoms. The van der Waals surface area contributed by atoms with Crippen LogP contribution in [0.5, 0.6) is 0 Å². The van der Waals surface area contributed by atoms with E-state index >= 15 is 0 Å². The minimum atomic E-state index is -3.08. The van der Waals surface area contributed by atoms with Gasteiger partial charge in [-0.05, 0) is 38.0 Å². The monoisotopic (exact) mass is 286 g/mol. The van der Waals surface area contributed by atoms with E-state index in [0.29, 0.717) is 25.4 Å². The van der Waals surface area contributed by atoms with Crippen LogP contribution in [0.25, 0.3) is 0 Å². The third-order valence-corrected chi connectivity index (χ3v) is 6.24. The summed E-state index contributed by atoms with van der Waals surface area (Å²) in [6.45, 7) is 2.03. The van der Waals surface area contributed by atoms with E-state index in [1.807, 2.05) is 0 Å². The molecule has 0 aromatic heterocycles. The molecular weight excluding hydrogens is 264 g/mol. The largest absolute Gasteiger partial charge is 0.337 e. The first-order valence-electron chi connectivity index (χ1n) is 7.16. The van der Waals surface area contributed by atoms with Gasteiger partial charge in [-0.1, -0.05) is 0 Å². The van der Waals surface area contributed by atoms with Crippen molar-refractivity contribution in [1.82, 2.24) is 9.21 Å². The third kappa shape index (κ3) is 2.52. The lowest BCUT2D eigenvalue weighted by atomic mass is 9.85. The number of amides is 1. The minimum absolute atomic E-state index is 0.0408. The van der Waals surface area contributed by atoms with Crippen LogP contribution in [0.1, 0.15) is 38.5 Å². The summed E-state index contributed by atoms with van der Waals surface area (Å²) >= 11 is 0. The van der Waals surface area contributed by atoms with Crippen molar-refractivity contribution in [3.63, 3.8) is 0 Å². The Kier molecular flexibility index (Phi) is 3.13. The van der Waals surface area contributed by atoms with Crippen LogP contribution in [-0.4, -0.2) is 55.0 Å². The number of rotatable bonds is 3. The van der Waals surface area contributed by atoms with Crippen LogP contribution in [0, 0.1) is 5.92 Å². The number of nitrogens with zero attached hydrogens (tertiary/aromatic N) is 2. The second-order valence-electron chi connectivity index (χ2n) is 6.33. The zero-order valence-electron chi connectivity index (χ0n) is 11.5. The second-order valence-corrected chi connectivity index (χ2v) is 8.32. The smallest absolute Gasteiger partial charge is 0.223 e. The van der Waals surface area contributed by atoms with Gasteiger partial charge in [-0.2, -0.15) is 0 Å². The normalized spacial score (nSPS) is 28.3. The first kappa shape index (κ1) is 13.4. The molecule has 1 aliphatic carbocycles. The molecule has 0 N–H and O–H groups in total. The van der Waals surface area contributed by atoms with Crippen LogP contribution in [0.15, 0.2) is 0 Å². The molecule has 3 aliphatic rings. The van der Waals surface area contributed by atoms with E-state index in [-0.39, 0.29) is 11.4 Å². The molecular formula is C13H22N2O3S. The highest BCUT2D eigenvalue weighted by atomic mass is 32.2. The van der Waals surface area contributed by atoms with E-state index in [1.165, 1.54) is 19.1 Å². The molecule has 1 saturated carbocycles. The average Bonchev–Trinajstić information content (AvgIpc) is 3.11. The summed E-state index contributed by atoms with van der Waals surface area (Å²) in [4.78, 5) is 14.2. The summed E-state index contributed by atoms with van der Waals surface area (Å²) < 4.78 is 24.7. The minimum Gasteiger partial charge on any atom is -0.337 e. The Hall–Kier alpha value is -0.620. The van der Waals surface area contributed by atoms with Gasteiger partial charge in [0.05, 0.1) is 6.26 Å². The predicted octanol–water partition coefficient (Wildman–Crippen LogP) is 0.813.